The summed E-state index contributed by atoms with van der Waals surface area (Å²) in [6.07, 6.45) is 3.63. The Morgan fingerprint density at radius 2 is 1.91 bits per heavy atom. The van der Waals surface area contributed by atoms with Gasteiger partial charge in [-0.3, -0.25) is 4.98 Å². The van der Waals surface area contributed by atoms with Gasteiger partial charge in [0.15, 0.2) is 5.16 Å². The fourth-order valence-corrected chi connectivity index (χ4v) is 5.05. The summed E-state index contributed by atoms with van der Waals surface area (Å²) >= 11 is 7.88. The quantitative estimate of drug-likeness (QED) is 0.248. The molecule has 0 spiro atoms. The Kier molecular flexibility index (Phi) is 5.96. The zero-order valence-electron chi connectivity index (χ0n) is 18.7. The zero-order chi connectivity index (χ0) is 22.9. The Bertz CT molecular complexity index is 1460. The number of imidazole rings is 1. The molecule has 5 nitrogen and oxygen atoms in total. The first-order valence-electron chi connectivity index (χ1n) is 10.7. The molecule has 0 amide bonds. The summed E-state index contributed by atoms with van der Waals surface area (Å²) in [6, 6.07) is 16.1. The molecule has 5 aromatic rings. The topological polar surface area (TPSA) is 56.7 Å². The number of aryl methyl sites for hydroxylation is 3. The molecule has 166 valence electrons. The monoisotopic (exact) mass is 474 g/mol. The van der Waals surface area contributed by atoms with Crippen LogP contribution >= 0.6 is 23.4 Å². The third kappa shape index (κ3) is 4.54. The normalized spacial score (nSPS) is 11.4. The van der Waals surface area contributed by atoms with Crippen LogP contribution in [0.1, 0.15) is 28.1 Å². The maximum absolute atomic E-state index is 6.16. The highest BCUT2D eigenvalue weighted by molar-refractivity contribution is 7.98. The maximum Gasteiger partial charge on any atom is 0.226 e. The van der Waals surface area contributed by atoms with Gasteiger partial charge in [0.25, 0.3) is 0 Å². The van der Waals surface area contributed by atoms with Crippen LogP contribution in [-0.4, -0.2) is 19.5 Å². The van der Waals surface area contributed by atoms with Gasteiger partial charge < -0.3 is 8.98 Å². The Labute approximate surface area is 201 Å². The van der Waals surface area contributed by atoms with E-state index in [9.17, 15) is 0 Å². The van der Waals surface area contributed by atoms with Gasteiger partial charge in [-0.2, -0.15) is 0 Å². The minimum atomic E-state index is 0.549. The number of benzene rings is 2. The van der Waals surface area contributed by atoms with E-state index in [0.717, 1.165) is 39.0 Å². The van der Waals surface area contributed by atoms with E-state index in [-0.39, 0.29) is 0 Å². The molecular weight excluding hydrogens is 452 g/mol. The van der Waals surface area contributed by atoms with Crippen molar-refractivity contribution in [2.45, 2.75) is 38.2 Å². The first kappa shape index (κ1) is 21.7. The second kappa shape index (κ2) is 9.04. The van der Waals surface area contributed by atoms with E-state index < -0.39 is 0 Å². The third-order valence-corrected chi connectivity index (χ3v) is 6.91. The molecule has 0 saturated carbocycles. The number of hydrogen-bond donors (Lipinski definition) is 0. The Morgan fingerprint density at radius 3 is 2.76 bits per heavy atom. The molecule has 0 N–H and O–H groups in total. The van der Waals surface area contributed by atoms with Gasteiger partial charge >= 0.3 is 0 Å². The highest BCUT2D eigenvalue weighted by atomic mass is 35.5. The lowest BCUT2D eigenvalue weighted by molar-refractivity contribution is 0.537. The average Bonchev–Trinajstić information content (AvgIpc) is 3.35. The summed E-state index contributed by atoms with van der Waals surface area (Å²) in [6.45, 7) is 6.77. The van der Waals surface area contributed by atoms with Crippen LogP contribution < -0.4 is 0 Å². The molecule has 0 saturated heterocycles. The zero-order valence-corrected chi connectivity index (χ0v) is 20.2. The lowest BCUT2D eigenvalue weighted by Crippen LogP contribution is -2.04. The third-order valence-electron chi connectivity index (χ3n) is 5.65. The highest BCUT2D eigenvalue weighted by Gasteiger charge is 2.17. The Hall–Kier alpha value is -3.09. The molecule has 5 rings (SSSR count). The van der Waals surface area contributed by atoms with Crippen molar-refractivity contribution in [2.75, 3.05) is 0 Å². The van der Waals surface area contributed by atoms with E-state index in [0.29, 0.717) is 17.5 Å². The molecule has 0 bridgehead atoms. The average molecular weight is 475 g/mol. The number of nitrogens with zero attached hydrogens (tertiary/aromatic N) is 4. The molecule has 0 atom stereocenters. The molecule has 0 aliphatic carbocycles. The number of rotatable bonds is 6. The molecule has 3 heterocycles. The molecule has 0 fully saturated rings. The van der Waals surface area contributed by atoms with Gasteiger partial charge in [0.2, 0.25) is 5.89 Å². The molecule has 3 aromatic heterocycles. The maximum atomic E-state index is 6.16. The molecule has 2 aromatic carbocycles. The fourth-order valence-electron chi connectivity index (χ4n) is 3.78. The summed E-state index contributed by atoms with van der Waals surface area (Å²) in [4.78, 5) is 14.0. The van der Waals surface area contributed by atoms with Crippen molar-refractivity contribution in [1.29, 1.82) is 0 Å². The predicted octanol–water partition coefficient (Wildman–Crippen LogP) is 7.01. The van der Waals surface area contributed by atoms with Crippen molar-refractivity contribution >= 4 is 34.4 Å². The summed E-state index contributed by atoms with van der Waals surface area (Å²) < 4.78 is 8.16. The molecule has 7 heteroatoms. The van der Waals surface area contributed by atoms with E-state index >= 15 is 0 Å². The minimum absolute atomic E-state index is 0.549. The minimum Gasteiger partial charge on any atom is -0.441 e. The Morgan fingerprint density at radius 1 is 1.03 bits per heavy atom. The number of hydrogen-bond acceptors (Lipinski definition) is 5. The number of oxazole rings is 1. The number of thioether (sulfide) groups is 1. The Balaban J connectivity index is 1.49. The van der Waals surface area contributed by atoms with Crippen molar-refractivity contribution in [2.24, 2.45) is 0 Å². The van der Waals surface area contributed by atoms with E-state index in [1.807, 2.05) is 43.5 Å². The van der Waals surface area contributed by atoms with Crippen molar-refractivity contribution in [3.05, 3.63) is 94.1 Å². The summed E-state index contributed by atoms with van der Waals surface area (Å²) in [7, 11) is 0. The molecule has 0 unspecified atom stereocenters. The van der Waals surface area contributed by atoms with Gasteiger partial charge in [-0.15, -0.1) is 0 Å². The van der Waals surface area contributed by atoms with E-state index in [2.05, 4.69) is 41.6 Å². The molecule has 0 radical (unpaired) electrons. The van der Waals surface area contributed by atoms with Crippen LogP contribution in [0.3, 0.4) is 0 Å². The standard InChI is InChI=1S/C26H23ClN4OS/c1-16-7-8-17(2)20(11-16)15-33-26-30-22-9-10-28-13-24(22)31(26)14-23-18(3)32-25(29-23)19-5-4-6-21(27)12-19/h4-13H,14-15H2,1-3H3. The van der Waals surface area contributed by atoms with E-state index in [4.69, 9.17) is 26.0 Å². The SMILES string of the molecule is Cc1ccc(C)c(CSc2nc3ccncc3n2Cc2nc(-c3cccc(Cl)c3)oc2C)c1. The van der Waals surface area contributed by atoms with Gasteiger partial charge in [-0.1, -0.05) is 53.2 Å². The summed E-state index contributed by atoms with van der Waals surface area (Å²) in [5.41, 5.74) is 7.49. The lowest BCUT2D eigenvalue weighted by Gasteiger charge is -2.09. The van der Waals surface area contributed by atoms with Crippen molar-refractivity contribution in [3.8, 4) is 11.5 Å². The van der Waals surface area contributed by atoms with E-state index in [1.54, 1.807) is 18.0 Å². The van der Waals surface area contributed by atoms with Crippen LogP contribution in [0.4, 0.5) is 0 Å². The van der Waals surface area contributed by atoms with Crippen molar-refractivity contribution in [3.63, 3.8) is 0 Å². The highest BCUT2D eigenvalue weighted by Crippen LogP contribution is 2.30. The number of aromatic nitrogens is 4. The smallest absolute Gasteiger partial charge is 0.226 e. The number of halogens is 1. The summed E-state index contributed by atoms with van der Waals surface area (Å²) in [5, 5.41) is 1.59. The molecular formula is C26H23ClN4OS. The summed E-state index contributed by atoms with van der Waals surface area (Å²) in [5.74, 6) is 2.19. The first-order chi connectivity index (χ1) is 16.0. The second-order valence-corrected chi connectivity index (χ2v) is 9.47. The number of pyridine rings is 1. The largest absolute Gasteiger partial charge is 0.441 e. The number of fused-ring (bicyclic) bond motifs is 1. The lowest BCUT2D eigenvalue weighted by atomic mass is 10.1. The van der Waals surface area contributed by atoms with Crippen LogP contribution in [0.5, 0.6) is 0 Å². The van der Waals surface area contributed by atoms with Crippen LogP contribution in [0.2, 0.25) is 5.02 Å². The molecule has 33 heavy (non-hydrogen) atoms. The van der Waals surface area contributed by atoms with Crippen molar-refractivity contribution < 1.29 is 4.42 Å². The fraction of sp³-hybridized carbons (Fsp3) is 0.192. The predicted molar refractivity (Wildman–Crippen MR) is 134 cm³/mol. The van der Waals surface area contributed by atoms with Gasteiger partial charge in [0.1, 0.15) is 11.5 Å². The second-order valence-electron chi connectivity index (χ2n) is 8.10. The van der Waals surface area contributed by atoms with Crippen LogP contribution in [0, 0.1) is 20.8 Å². The van der Waals surface area contributed by atoms with Gasteiger partial charge in [0.05, 0.1) is 23.8 Å². The van der Waals surface area contributed by atoms with Crippen LogP contribution in [0.25, 0.3) is 22.5 Å². The van der Waals surface area contributed by atoms with Crippen molar-refractivity contribution in [1.82, 2.24) is 19.5 Å². The van der Waals surface area contributed by atoms with Gasteiger partial charge in [-0.25, -0.2) is 9.97 Å². The molecule has 0 aliphatic heterocycles. The first-order valence-corrected chi connectivity index (χ1v) is 12.1. The van der Waals surface area contributed by atoms with Crippen LogP contribution in [0.15, 0.2) is 70.5 Å². The van der Waals surface area contributed by atoms with Gasteiger partial charge in [0, 0.05) is 22.5 Å². The molecule has 0 aliphatic rings. The van der Waals surface area contributed by atoms with Gasteiger partial charge in [-0.05, 0) is 56.2 Å². The van der Waals surface area contributed by atoms with E-state index in [1.165, 1.54) is 16.7 Å². The van der Waals surface area contributed by atoms with Crippen LogP contribution in [-0.2, 0) is 12.3 Å².